The van der Waals surface area contributed by atoms with Crippen LogP contribution in [0.5, 0.6) is 5.75 Å². The molecular formula is C18H14ClF4N5O2. The Bertz CT molecular complexity index is 1090. The summed E-state index contributed by atoms with van der Waals surface area (Å²) >= 11 is 6.24. The van der Waals surface area contributed by atoms with Crippen molar-refractivity contribution in [2.45, 2.75) is 6.18 Å². The first-order valence-electron chi connectivity index (χ1n) is 8.35. The van der Waals surface area contributed by atoms with Crippen molar-refractivity contribution in [2.75, 3.05) is 24.2 Å². The molecule has 3 rings (SSSR count). The Labute approximate surface area is 172 Å². The molecule has 0 unspecified atom stereocenters. The van der Waals surface area contributed by atoms with Crippen LogP contribution in [0.25, 0.3) is 10.9 Å². The fourth-order valence-corrected chi connectivity index (χ4v) is 2.81. The number of anilines is 3. The number of carbonyl (C=O) groups is 1. The molecule has 1 aromatic heterocycles. The quantitative estimate of drug-likeness (QED) is 0.395. The van der Waals surface area contributed by atoms with Crippen LogP contribution in [0.15, 0.2) is 36.7 Å². The van der Waals surface area contributed by atoms with Gasteiger partial charge in [0.2, 0.25) is 0 Å². The standard InChI is InChI=1S/C18H14ClF4N5O2/c19-11-4-10(24)5-13-16(11)17(27-8-26-13)28-12-2-1-9(20)3-14(12)30-6-15(29)25-7-18(21,22)23/h1-5,8H,6-7,24H2,(H,25,29)(H,26,27,28). The molecule has 0 bridgehead atoms. The molecule has 1 heterocycles. The summed E-state index contributed by atoms with van der Waals surface area (Å²) in [6, 6.07) is 6.51. The summed E-state index contributed by atoms with van der Waals surface area (Å²) < 4.78 is 55.4. The number of nitrogens with two attached hydrogens (primary N) is 1. The van der Waals surface area contributed by atoms with Gasteiger partial charge in [-0.05, 0) is 24.3 Å². The van der Waals surface area contributed by atoms with Crippen molar-refractivity contribution in [3.05, 3.63) is 47.5 Å². The number of benzene rings is 2. The minimum atomic E-state index is -4.56. The Hall–Kier alpha value is -3.34. The van der Waals surface area contributed by atoms with Crippen molar-refractivity contribution < 1.29 is 27.1 Å². The van der Waals surface area contributed by atoms with Crippen LogP contribution in [-0.4, -0.2) is 35.2 Å². The van der Waals surface area contributed by atoms with Crippen molar-refractivity contribution in [1.29, 1.82) is 0 Å². The predicted octanol–water partition coefficient (Wildman–Crippen LogP) is 3.81. The minimum Gasteiger partial charge on any atom is -0.481 e. The van der Waals surface area contributed by atoms with Gasteiger partial charge in [-0.2, -0.15) is 13.2 Å². The van der Waals surface area contributed by atoms with Crippen molar-refractivity contribution in [1.82, 2.24) is 15.3 Å². The number of aromatic nitrogens is 2. The maximum Gasteiger partial charge on any atom is 0.405 e. The van der Waals surface area contributed by atoms with Gasteiger partial charge in [-0.25, -0.2) is 14.4 Å². The molecule has 158 valence electrons. The van der Waals surface area contributed by atoms with Crippen LogP contribution < -0.4 is 21.1 Å². The Kier molecular flexibility index (Phi) is 6.11. The average molecular weight is 444 g/mol. The van der Waals surface area contributed by atoms with E-state index in [4.69, 9.17) is 22.1 Å². The zero-order valence-electron chi connectivity index (χ0n) is 15.1. The zero-order valence-corrected chi connectivity index (χ0v) is 15.8. The van der Waals surface area contributed by atoms with E-state index in [0.29, 0.717) is 16.6 Å². The first-order valence-corrected chi connectivity index (χ1v) is 8.73. The molecule has 0 fully saturated rings. The molecule has 0 spiro atoms. The summed E-state index contributed by atoms with van der Waals surface area (Å²) in [5.74, 6) is -1.56. The predicted molar refractivity (Wildman–Crippen MR) is 103 cm³/mol. The first kappa shape index (κ1) is 21.4. The van der Waals surface area contributed by atoms with Crippen LogP contribution in [-0.2, 0) is 4.79 Å². The maximum atomic E-state index is 13.7. The van der Waals surface area contributed by atoms with Crippen molar-refractivity contribution in [3.8, 4) is 5.75 Å². The van der Waals surface area contributed by atoms with E-state index in [9.17, 15) is 22.4 Å². The van der Waals surface area contributed by atoms with Gasteiger partial charge >= 0.3 is 6.18 Å². The number of halogens is 5. The smallest absolute Gasteiger partial charge is 0.405 e. The van der Waals surface area contributed by atoms with E-state index in [1.807, 2.05) is 0 Å². The van der Waals surface area contributed by atoms with E-state index in [0.717, 1.165) is 12.1 Å². The van der Waals surface area contributed by atoms with Gasteiger partial charge in [0.05, 0.1) is 21.6 Å². The zero-order chi connectivity index (χ0) is 21.9. The molecule has 0 saturated carbocycles. The number of hydrogen-bond donors (Lipinski definition) is 3. The first-order chi connectivity index (χ1) is 14.1. The van der Waals surface area contributed by atoms with Crippen molar-refractivity contribution >= 4 is 45.6 Å². The van der Waals surface area contributed by atoms with E-state index in [2.05, 4.69) is 15.3 Å². The average Bonchev–Trinajstić information content (AvgIpc) is 2.65. The second-order valence-electron chi connectivity index (χ2n) is 6.07. The molecule has 0 aliphatic rings. The lowest BCUT2D eigenvalue weighted by atomic mass is 10.2. The normalized spacial score (nSPS) is 11.4. The number of rotatable bonds is 6. The number of amides is 1. The highest BCUT2D eigenvalue weighted by Crippen LogP contribution is 2.34. The number of nitrogen functional groups attached to an aromatic ring is 1. The molecule has 2 aromatic carbocycles. The van der Waals surface area contributed by atoms with Gasteiger partial charge in [-0.1, -0.05) is 11.6 Å². The summed E-state index contributed by atoms with van der Waals surface area (Å²) in [6.07, 6.45) is -3.30. The number of hydrogen-bond acceptors (Lipinski definition) is 6. The van der Waals surface area contributed by atoms with Crippen LogP contribution in [0.1, 0.15) is 0 Å². The molecule has 0 aliphatic heterocycles. The van der Waals surface area contributed by atoms with Gasteiger partial charge in [0.25, 0.3) is 5.91 Å². The summed E-state index contributed by atoms with van der Waals surface area (Å²) in [4.78, 5) is 19.8. The Morgan fingerprint density at radius 1 is 1.20 bits per heavy atom. The molecule has 0 atom stereocenters. The molecule has 0 aliphatic carbocycles. The lowest BCUT2D eigenvalue weighted by Gasteiger charge is -2.15. The van der Waals surface area contributed by atoms with Gasteiger partial charge in [0.1, 0.15) is 30.3 Å². The number of alkyl halides is 3. The van der Waals surface area contributed by atoms with Crippen molar-refractivity contribution in [3.63, 3.8) is 0 Å². The van der Waals surface area contributed by atoms with Gasteiger partial charge < -0.3 is 21.1 Å². The molecular weight excluding hydrogens is 430 g/mol. The Balaban J connectivity index is 1.83. The third-order valence-electron chi connectivity index (χ3n) is 3.75. The lowest BCUT2D eigenvalue weighted by Crippen LogP contribution is -2.36. The summed E-state index contributed by atoms with van der Waals surface area (Å²) in [7, 11) is 0. The summed E-state index contributed by atoms with van der Waals surface area (Å²) in [5, 5.41) is 5.27. The second kappa shape index (κ2) is 8.57. The third kappa shape index (κ3) is 5.38. The topological polar surface area (TPSA) is 102 Å². The highest BCUT2D eigenvalue weighted by molar-refractivity contribution is 6.36. The van der Waals surface area contributed by atoms with Gasteiger partial charge in [0, 0.05) is 11.8 Å². The fraction of sp³-hybridized carbons (Fsp3) is 0.167. The Morgan fingerprint density at radius 2 is 1.97 bits per heavy atom. The van der Waals surface area contributed by atoms with Gasteiger partial charge in [0.15, 0.2) is 6.61 Å². The monoisotopic (exact) mass is 443 g/mol. The second-order valence-corrected chi connectivity index (χ2v) is 6.47. The summed E-state index contributed by atoms with van der Waals surface area (Å²) in [5.41, 5.74) is 6.80. The highest BCUT2D eigenvalue weighted by Gasteiger charge is 2.27. The number of ether oxygens (including phenoxy) is 1. The number of fused-ring (bicyclic) bond motifs is 1. The van der Waals surface area contributed by atoms with Crippen LogP contribution in [0, 0.1) is 5.82 Å². The molecule has 4 N–H and O–H groups in total. The lowest BCUT2D eigenvalue weighted by molar-refractivity contribution is -0.139. The van der Waals surface area contributed by atoms with Gasteiger partial charge in [-0.15, -0.1) is 0 Å². The SMILES string of the molecule is Nc1cc(Cl)c2c(Nc3ccc(F)cc3OCC(=O)NCC(F)(F)F)ncnc2c1. The largest absolute Gasteiger partial charge is 0.481 e. The van der Waals surface area contributed by atoms with Gasteiger partial charge in [-0.3, -0.25) is 4.79 Å². The van der Waals surface area contributed by atoms with Crippen LogP contribution >= 0.6 is 11.6 Å². The summed E-state index contributed by atoms with van der Waals surface area (Å²) in [6.45, 7) is -2.26. The molecule has 30 heavy (non-hydrogen) atoms. The Morgan fingerprint density at radius 3 is 2.70 bits per heavy atom. The number of nitrogens with zero attached hydrogens (tertiary/aromatic N) is 2. The maximum absolute atomic E-state index is 13.7. The number of carbonyl (C=O) groups excluding carboxylic acids is 1. The van der Waals surface area contributed by atoms with E-state index < -0.39 is 31.1 Å². The molecule has 7 nitrogen and oxygen atoms in total. The van der Waals surface area contributed by atoms with Crippen LogP contribution in [0.3, 0.4) is 0 Å². The van der Waals surface area contributed by atoms with E-state index >= 15 is 0 Å². The fourth-order valence-electron chi connectivity index (χ4n) is 2.50. The third-order valence-corrected chi connectivity index (χ3v) is 4.05. The molecule has 12 heteroatoms. The van der Waals surface area contributed by atoms with E-state index in [1.165, 1.54) is 18.5 Å². The number of nitrogens with one attached hydrogen (secondary N) is 2. The van der Waals surface area contributed by atoms with E-state index in [-0.39, 0.29) is 22.3 Å². The molecule has 0 saturated heterocycles. The molecule has 1 amide bonds. The van der Waals surface area contributed by atoms with E-state index in [1.54, 1.807) is 11.4 Å². The molecule has 3 aromatic rings. The highest BCUT2D eigenvalue weighted by atomic mass is 35.5. The van der Waals surface area contributed by atoms with Crippen molar-refractivity contribution in [2.24, 2.45) is 0 Å². The minimum absolute atomic E-state index is 0.115. The van der Waals surface area contributed by atoms with Crippen LogP contribution in [0.2, 0.25) is 5.02 Å². The van der Waals surface area contributed by atoms with Crippen LogP contribution in [0.4, 0.5) is 34.8 Å². The molecule has 0 radical (unpaired) electrons.